The molecular weight excluding hydrogens is 284 g/mol. The molecule has 0 aliphatic rings. The van der Waals surface area contributed by atoms with Gasteiger partial charge in [0, 0.05) is 42.5 Å². The highest BCUT2D eigenvalue weighted by atomic mass is 35.5. The van der Waals surface area contributed by atoms with E-state index in [1.807, 2.05) is 6.07 Å². The summed E-state index contributed by atoms with van der Waals surface area (Å²) in [6.07, 6.45) is 0. The summed E-state index contributed by atoms with van der Waals surface area (Å²) >= 11 is 6.21. The second-order valence-corrected chi connectivity index (χ2v) is 6.90. The highest BCUT2D eigenvalue weighted by Crippen LogP contribution is 2.27. The van der Waals surface area contributed by atoms with E-state index in [0.717, 1.165) is 18.1 Å². The summed E-state index contributed by atoms with van der Waals surface area (Å²) < 4.78 is 5.30. The molecule has 1 atom stereocenters. The molecule has 120 valence electrons. The molecule has 0 saturated heterocycles. The highest BCUT2D eigenvalue weighted by Gasteiger charge is 2.18. The molecule has 0 fully saturated rings. The molecule has 0 spiro atoms. The molecule has 1 rings (SSSR count). The molecule has 0 saturated carbocycles. The number of benzene rings is 1. The van der Waals surface area contributed by atoms with Crippen LogP contribution in [0.3, 0.4) is 0 Å². The number of hydrogen-bond donors (Lipinski definition) is 1. The summed E-state index contributed by atoms with van der Waals surface area (Å²) in [5.41, 5.74) is 2.54. The van der Waals surface area contributed by atoms with E-state index in [0.29, 0.717) is 12.6 Å². The number of nitrogens with one attached hydrogen (secondary N) is 1. The number of hydrogen-bond acceptors (Lipinski definition) is 3. The van der Waals surface area contributed by atoms with Crippen molar-refractivity contribution < 1.29 is 4.74 Å². The zero-order valence-corrected chi connectivity index (χ0v) is 14.9. The van der Waals surface area contributed by atoms with Gasteiger partial charge in [0.15, 0.2) is 0 Å². The van der Waals surface area contributed by atoms with Gasteiger partial charge < -0.3 is 15.0 Å². The first-order chi connectivity index (χ1) is 9.78. The lowest BCUT2D eigenvalue weighted by Gasteiger charge is -2.32. The quantitative estimate of drug-likeness (QED) is 0.820. The normalized spacial score (nSPS) is 13.3. The largest absolute Gasteiger partial charge is 0.383 e. The Bertz CT molecular complexity index is 443. The molecule has 3 nitrogen and oxygen atoms in total. The maximum Gasteiger partial charge on any atom is 0.0663 e. The third kappa shape index (κ3) is 5.85. The van der Waals surface area contributed by atoms with Crippen LogP contribution in [0, 0.1) is 0 Å². The van der Waals surface area contributed by atoms with Gasteiger partial charge in [-0.15, -0.1) is 0 Å². The van der Waals surface area contributed by atoms with E-state index in [1.165, 1.54) is 11.3 Å². The maximum atomic E-state index is 6.21. The van der Waals surface area contributed by atoms with E-state index in [4.69, 9.17) is 16.3 Å². The van der Waals surface area contributed by atoms with Crippen LogP contribution in [0.15, 0.2) is 18.2 Å². The lowest BCUT2D eigenvalue weighted by atomic mass is 10.1. The first kappa shape index (κ1) is 18.3. The molecule has 1 unspecified atom stereocenters. The average Bonchev–Trinajstić information content (AvgIpc) is 2.38. The van der Waals surface area contributed by atoms with Crippen molar-refractivity contribution in [1.82, 2.24) is 5.32 Å². The molecule has 1 aromatic rings. The van der Waals surface area contributed by atoms with Gasteiger partial charge in [-0.25, -0.2) is 0 Å². The molecule has 0 aliphatic heterocycles. The van der Waals surface area contributed by atoms with E-state index in [2.05, 4.69) is 57.0 Å². The first-order valence-electron chi connectivity index (χ1n) is 7.57. The molecule has 0 bridgehead atoms. The molecule has 1 N–H and O–H groups in total. The Kier molecular flexibility index (Phi) is 6.98. The number of anilines is 1. The Labute approximate surface area is 134 Å². The van der Waals surface area contributed by atoms with Crippen LogP contribution in [-0.2, 0) is 11.3 Å². The number of halogens is 1. The van der Waals surface area contributed by atoms with E-state index in [1.54, 1.807) is 7.11 Å². The molecule has 1 aromatic carbocycles. The lowest BCUT2D eigenvalue weighted by Crippen LogP contribution is -2.38. The van der Waals surface area contributed by atoms with Crippen molar-refractivity contribution in [2.45, 2.75) is 52.7 Å². The summed E-state index contributed by atoms with van der Waals surface area (Å²) in [6, 6.07) is 6.43. The molecular formula is C17H29ClN2O. The summed E-state index contributed by atoms with van der Waals surface area (Å²) in [5.74, 6) is 0. The molecule has 21 heavy (non-hydrogen) atoms. The second kappa shape index (κ2) is 8.02. The van der Waals surface area contributed by atoms with Gasteiger partial charge in [-0.1, -0.05) is 17.7 Å². The van der Waals surface area contributed by atoms with Crippen LogP contribution < -0.4 is 10.2 Å². The molecule has 0 amide bonds. The van der Waals surface area contributed by atoms with Crippen LogP contribution in [0.2, 0.25) is 5.02 Å². The Morgan fingerprint density at radius 1 is 1.33 bits per heavy atom. The summed E-state index contributed by atoms with van der Waals surface area (Å²) in [7, 11) is 1.74. The van der Waals surface area contributed by atoms with E-state index >= 15 is 0 Å². The van der Waals surface area contributed by atoms with Gasteiger partial charge in [0.2, 0.25) is 0 Å². The van der Waals surface area contributed by atoms with Crippen LogP contribution in [0.5, 0.6) is 0 Å². The lowest BCUT2D eigenvalue weighted by molar-refractivity contribution is 0.182. The van der Waals surface area contributed by atoms with Crippen molar-refractivity contribution in [3.05, 3.63) is 28.8 Å². The molecule has 0 radical (unpaired) electrons. The highest BCUT2D eigenvalue weighted by molar-refractivity contribution is 6.30. The van der Waals surface area contributed by atoms with Crippen LogP contribution in [0.1, 0.15) is 40.2 Å². The Morgan fingerprint density at radius 3 is 2.52 bits per heavy atom. The summed E-state index contributed by atoms with van der Waals surface area (Å²) in [4.78, 5) is 2.34. The monoisotopic (exact) mass is 312 g/mol. The zero-order valence-electron chi connectivity index (χ0n) is 14.2. The molecule has 0 aliphatic carbocycles. The van der Waals surface area contributed by atoms with Crippen molar-refractivity contribution >= 4 is 17.3 Å². The van der Waals surface area contributed by atoms with Crippen LogP contribution in [0.25, 0.3) is 0 Å². The van der Waals surface area contributed by atoms with Crippen LogP contribution in [0.4, 0.5) is 5.69 Å². The van der Waals surface area contributed by atoms with Gasteiger partial charge >= 0.3 is 0 Å². The van der Waals surface area contributed by atoms with Crippen LogP contribution >= 0.6 is 11.6 Å². The van der Waals surface area contributed by atoms with Gasteiger partial charge in [-0.2, -0.15) is 0 Å². The fourth-order valence-corrected chi connectivity index (χ4v) is 2.53. The fourth-order valence-electron chi connectivity index (χ4n) is 2.36. The number of ether oxygens (including phenoxy) is 1. The van der Waals surface area contributed by atoms with Gasteiger partial charge in [0.1, 0.15) is 0 Å². The zero-order chi connectivity index (χ0) is 16.0. The topological polar surface area (TPSA) is 24.5 Å². The SMILES string of the molecule is CCN(c1cc(Cl)ccc1CNC(C)(C)C)C(C)COC. The standard InChI is InChI=1S/C17H29ClN2O/c1-7-20(13(2)12-21-6)16-10-15(18)9-8-14(16)11-19-17(3,4)5/h8-10,13,19H,7,11-12H2,1-6H3. The number of rotatable bonds is 7. The minimum Gasteiger partial charge on any atom is -0.383 e. The second-order valence-electron chi connectivity index (χ2n) is 6.47. The van der Waals surface area contributed by atoms with Gasteiger partial charge in [-0.3, -0.25) is 0 Å². The summed E-state index contributed by atoms with van der Waals surface area (Å²) in [5, 5.41) is 4.32. The minimum atomic E-state index is 0.0894. The number of methoxy groups -OCH3 is 1. The predicted molar refractivity (Wildman–Crippen MR) is 92.4 cm³/mol. The van der Waals surface area contributed by atoms with Gasteiger partial charge in [-0.05, 0) is 52.3 Å². The molecule has 4 heteroatoms. The van der Waals surface area contributed by atoms with Crippen molar-refractivity contribution in [2.24, 2.45) is 0 Å². The Balaban J connectivity index is 3.04. The van der Waals surface area contributed by atoms with E-state index < -0.39 is 0 Å². The van der Waals surface area contributed by atoms with Crippen molar-refractivity contribution in [1.29, 1.82) is 0 Å². The minimum absolute atomic E-state index is 0.0894. The fraction of sp³-hybridized carbons (Fsp3) is 0.647. The maximum absolute atomic E-state index is 6.21. The van der Waals surface area contributed by atoms with Gasteiger partial charge in [0.25, 0.3) is 0 Å². The number of likely N-dealkylation sites (N-methyl/N-ethyl adjacent to an activating group) is 1. The first-order valence-corrected chi connectivity index (χ1v) is 7.95. The van der Waals surface area contributed by atoms with Crippen molar-refractivity contribution in [3.8, 4) is 0 Å². The van der Waals surface area contributed by atoms with Crippen molar-refractivity contribution in [3.63, 3.8) is 0 Å². The third-order valence-electron chi connectivity index (χ3n) is 3.45. The van der Waals surface area contributed by atoms with E-state index in [-0.39, 0.29) is 5.54 Å². The number of nitrogens with zero attached hydrogens (tertiary/aromatic N) is 1. The smallest absolute Gasteiger partial charge is 0.0663 e. The molecule has 0 aromatic heterocycles. The summed E-state index contributed by atoms with van der Waals surface area (Å²) in [6.45, 7) is 13.3. The molecule has 0 heterocycles. The van der Waals surface area contributed by atoms with Gasteiger partial charge in [0.05, 0.1) is 6.61 Å². The van der Waals surface area contributed by atoms with E-state index in [9.17, 15) is 0 Å². The van der Waals surface area contributed by atoms with Crippen molar-refractivity contribution in [2.75, 3.05) is 25.2 Å². The van der Waals surface area contributed by atoms with Crippen LogP contribution in [-0.4, -0.2) is 31.8 Å². The Morgan fingerprint density at radius 2 is 2.00 bits per heavy atom. The third-order valence-corrected chi connectivity index (χ3v) is 3.68. The average molecular weight is 313 g/mol. The Hall–Kier alpha value is -0.770. The predicted octanol–water partition coefficient (Wildman–Crippen LogP) is 4.09.